The molecule has 2 unspecified atom stereocenters. The number of hydrogen-bond donors (Lipinski definition) is 0. The Balaban J connectivity index is 1.87. The van der Waals surface area contributed by atoms with Gasteiger partial charge in [-0.05, 0) is 43.9 Å². The standard InChI is InChI=1S/C19H30O3/c1-11(2)15-10-17(20)16(19(15)22)9-13-5-7-14(8-6-13)18(21)12(3)4/h11-16H,5-10H2,1-4H3. The SMILES string of the molecule is CC(C)C(=O)C1CCC(CC2C(=O)CC(C(C)C)C2=O)CC1. The molecule has 0 aromatic rings. The number of Topliss-reactive ketones (excluding diaryl/α,β-unsaturated/α-hetero) is 3. The van der Waals surface area contributed by atoms with E-state index in [0.717, 1.165) is 32.1 Å². The molecular weight excluding hydrogens is 276 g/mol. The number of rotatable bonds is 5. The highest BCUT2D eigenvalue weighted by Gasteiger charge is 2.43. The summed E-state index contributed by atoms with van der Waals surface area (Å²) in [6, 6.07) is 0. The van der Waals surface area contributed by atoms with Crippen LogP contribution < -0.4 is 0 Å². The fourth-order valence-corrected chi connectivity index (χ4v) is 4.18. The van der Waals surface area contributed by atoms with Crippen LogP contribution in [0.2, 0.25) is 0 Å². The van der Waals surface area contributed by atoms with E-state index >= 15 is 0 Å². The molecule has 0 bridgehead atoms. The van der Waals surface area contributed by atoms with Crippen LogP contribution in [0.4, 0.5) is 0 Å². The second-order valence-corrected chi connectivity index (χ2v) is 7.99. The Hall–Kier alpha value is -0.990. The van der Waals surface area contributed by atoms with E-state index in [1.807, 2.05) is 27.7 Å². The smallest absolute Gasteiger partial charge is 0.147 e. The second kappa shape index (κ2) is 7.06. The van der Waals surface area contributed by atoms with Gasteiger partial charge in [-0.15, -0.1) is 0 Å². The third-order valence-electron chi connectivity index (χ3n) is 5.71. The maximum absolute atomic E-state index is 12.4. The summed E-state index contributed by atoms with van der Waals surface area (Å²) in [4.78, 5) is 36.6. The predicted molar refractivity (Wildman–Crippen MR) is 86.4 cm³/mol. The first-order valence-corrected chi connectivity index (χ1v) is 8.91. The molecule has 0 spiro atoms. The zero-order valence-electron chi connectivity index (χ0n) is 14.4. The third kappa shape index (κ3) is 3.67. The first kappa shape index (κ1) is 17.4. The zero-order chi connectivity index (χ0) is 16.4. The van der Waals surface area contributed by atoms with Gasteiger partial charge in [-0.3, -0.25) is 14.4 Å². The van der Waals surface area contributed by atoms with Gasteiger partial charge in [0.25, 0.3) is 0 Å². The summed E-state index contributed by atoms with van der Waals surface area (Å²) in [6.45, 7) is 7.99. The van der Waals surface area contributed by atoms with Crippen LogP contribution in [-0.4, -0.2) is 17.3 Å². The molecule has 0 saturated heterocycles. The minimum absolute atomic E-state index is 0.0589. The van der Waals surface area contributed by atoms with Crippen LogP contribution in [0.5, 0.6) is 0 Å². The summed E-state index contributed by atoms with van der Waals surface area (Å²) in [5.41, 5.74) is 0. The van der Waals surface area contributed by atoms with Crippen LogP contribution in [0.3, 0.4) is 0 Å². The van der Waals surface area contributed by atoms with Gasteiger partial charge in [0.2, 0.25) is 0 Å². The molecule has 2 rings (SSSR count). The molecule has 124 valence electrons. The van der Waals surface area contributed by atoms with Gasteiger partial charge in [0.05, 0.1) is 5.92 Å². The Morgan fingerprint density at radius 1 is 1.05 bits per heavy atom. The van der Waals surface area contributed by atoms with E-state index in [-0.39, 0.29) is 41.2 Å². The maximum Gasteiger partial charge on any atom is 0.147 e. The van der Waals surface area contributed by atoms with E-state index < -0.39 is 0 Å². The predicted octanol–water partition coefficient (Wildman–Crippen LogP) is 3.84. The highest BCUT2D eigenvalue weighted by Crippen LogP contribution is 2.39. The number of ketones is 3. The van der Waals surface area contributed by atoms with Gasteiger partial charge in [-0.2, -0.15) is 0 Å². The van der Waals surface area contributed by atoms with E-state index in [2.05, 4.69) is 0 Å². The Morgan fingerprint density at radius 2 is 1.64 bits per heavy atom. The maximum atomic E-state index is 12.4. The van der Waals surface area contributed by atoms with Crippen molar-refractivity contribution in [2.45, 2.75) is 66.2 Å². The summed E-state index contributed by atoms with van der Waals surface area (Å²) in [5, 5.41) is 0. The molecule has 22 heavy (non-hydrogen) atoms. The van der Waals surface area contributed by atoms with Crippen LogP contribution in [-0.2, 0) is 14.4 Å². The van der Waals surface area contributed by atoms with Crippen LogP contribution in [0.1, 0.15) is 66.2 Å². The average Bonchev–Trinajstić information content (AvgIpc) is 2.75. The highest BCUT2D eigenvalue weighted by molar-refractivity contribution is 6.10. The first-order valence-electron chi connectivity index (χ1n) is 8.91. The summed E-state index contributed by atoms with van der Waals surface area (Å²) in [5.74, 6) is 1.34. The van der Waals surface area contributed by atoms with Gasteiger partial charge in [-0.1, -0.05) is 27.7 Å². The van der Waals surface area contributed by atoms with Crippen molar-refractivity contribution in [1.82, 2.24) is 0 Å². The van der Waals surface area contributed by atoms with Crippen molar-refractivity contribution in [2.75, 3.05) is 0 Å². The molecule has 2 aliphatic rings. The third-order valence-corrected chi connectivity index (χ3v) is 5.71. The minimum Gasteiger partial charge on any atom is -0.299 e. The van der Waals surface area contributed by atoms with Crippen LogP contribution >= 0.6 is 0 Å². The number of hydrogen-bond acceptors (Lipinski definition) is 3. The lowest BCUT2D eigenvalue weighted by molar-refractivity contribution is -0.130. The normalized spacial score (nSPS) is 33.0. The van der Waals surface area contributed by atoms with Crippen LogP contribution in [0.25, 0.3) is 0 Å². The van der Waals surface area contributed by atoms with Crippen molar-refractivity contribution in [3.05, 3.63) is 0 Å². The molecule has 0 aromatic heterocycles. The van der Waals surface area contributed by atoms with Gasteiger partial charge < -0.3 is 0 Å². The Morgan fingerprint density at radius 3 is 2.09 bits per heavy atom. The molecule has 2 atom stereocenters. The molecule has 0 radical (unpaired) electrons. The molecule has 0 amide bonds. The minimum atomic E-state index is -0.352. The summed E-state index contributed by atoms with van der Waals surface area (Å²) in [7, 11) is 0. The van der Waals surface area contributed by atoms with E-state index in [1.54, 1.807) is 0 Å². The Kier molecular flexibility index (Phi) is 5.57. The Bertz CT molecular complexity index is 442. The van der Waals surface area contributed by atoms with Crippen molar-refractivity contribution >= 4 is 17.3 Å². The van der Waals surface area contributed by atoms with Gasteiger partial charge >= 0.3 is 0 Å². The molecular formula is C19H30O3. The van der Waals surface area contributed by atoms with Crippen LogP contribution in [0, 0.1) is 35.5 Å². The molecule has 3 nitrogen and oxygen atoms in total. The van der Waals surface area contributed by atoms with Crippen molar-refractivity contribution in [2.24, 2.45) is 35.5 Å². The monoisotopic (exact) mass is 306 g/mol. The molecule has 0 heterocycles. The van der Waals surface area contributed by atoms with E-state index in [9.17, 15) is 14.4 Å². The fraction of sp³-hybridized carbons (Fsp3) is 0.842. The van der Waals surface area contributed by atoms with Crippen molar-refractivity contribution in [3.8, 4) is 0 Å². The van der Waals surface area contributed by atoms with Gasteiger partial charge in [-0.25, -0.2) is 0 Å². The van der Waals surface area contributed by atoms with Gasteiger partial charge in [0.1, 0.15) is 17.3 Å². The summed E-state index contributed by atoms with van der Waals surface area (Å²) in [6.07, 6.45) is 5.03. The molecule has 2 saturated carbocycles. The zero-order valence-corrected chi connectivity index (χ0v) is 14.4. The highest BCUT2D eigenvalue weighted by atomic mass is 16.2. The van der Waals surface area contributed by atoms with E-state index in [4.69, 9.17) is 0 Å². The van der Waals surface area contributed by atoms with Gasteiger partial charge in [0.15, 0.2) is 0 Å². The first-order chi connectivity index (χ1) is 10.3. The summed E-state index contributed by atoms with van der Waals surface area (Å²) >= 11 is 0. The van der Waals surface area contributed by atoms with Crippen molar-refractivity contribution < 1.29 is 14.4 Å². The lowest BCUT2D eigenvalue weighted by atomic mass is 9.74. The van der Waals surface area contributed by atoms with Crippen LogP contribution in [0.15, 0.2) is 0 Å². The van der Waals surface area contributed by atoms with E-state index in [0.29, 0.717) is 18.1 Å². The quantitative estimate of drug-likeness (QED) is 0.725. The topological polar surface area (TPSA) is 51.2 Å². The molecule has 2 fully saturated rings. The van der Waals surface area contributed by atoms with Crippen molar-refractivity contribution in [3.63, 3.8) is 0 Å². The largest absolute Gasteiger partial charge is 0.299 e. The lowest BCUT2D eigenvalue weighted by Crippen LogP contribution is -2.28. The molecule has 2 aliphatic carbocycles. The number of carbonyl (C=O) groups is 3. The Labute approximate surface area is 134 Å². The average molecular weight is 306 g/mol. The van der Waals surface area contributed by atoms with Gasteiger partial charge in [0, 0.05) is 24.2 Å². The number of carbonyl (C=O) groups excluding carboxylic acids is 3. The lowest BCUT2D eigenvalue weighted by Gasteiger charge is -2.29. The molecule has 3 heteroatoms. The second-order valence-electron chi connectivity index (χ2n) is 7.99. The summed E-state index contributed by atoms with van der Waals surface area (Å²) < 4.78 is 0. The van der Waals surface area contributed by atoms with E-state index in [1.165, 1.54) is 0 Å². The molecule has 0 aliphatic heterocycles. The molecule has 0 N–H and O–H groups in total. The van der Waals surface area contributed by atoms with Crippen molar-refractivity contribution in [1.29, 1.82) is 0 Å². The fourth-order valence-electron chi connectivity index (χ4n) is 4.18. The molecule has 0 aromatic carbocycles.